The summed E-state index contributed by atoms with van der Waals surface area (Å²) in [6.07, 6.45) is 4.41. The van der Waals surface area contributed by atoms with E-state index in [4.69, 9.17) is 16.2 Å². The number of nitrogen functional groups attached to an aromatic ring is 1. The second-order valence-corrected chi connectivity index (χ2v) is 8.00. The van der Waals surface area contributed by atoms with Crippen LogP contribution >= 0.6 is 0 Å². The van der Waals surface area contributed by atoms with Crippen molar-refractivity contribution >= 4 is 16.9 Å². The van der Waals surface area contributed by atoms with Crippen LogP contribution in [0.5, 0.6) is 11.5 Å². The van der Waals surface area contributed by atoms with Crippen molar-refractivity contribution in [2.75, 3.05) is 12.3 Å². The van der Waals surface area contributed by atoms with Gasteiger partial charge in [-0.2, -0.15) is 0 Å². The van der Waals surface area contributed by atoms with E-state index in [2.05, 4.69) is 38.5 Å². The van der Waals surface area contributed by atoms with Crippen LogP contribution in [0.15, 0.2) is 60.9 Å². The molecular weight excluding hydrogens is 398 g/mol. The standard InChI is InChI=1S/C26H25N5O/c27-15-5-4-6-18-9-14-22-23(24-25(28)29-17-30-26(24)31(22)16-18)19-10-12-21(13-11-19)32-20-7-2-1-3-8-20/h1-3,7-8,10-13,17-18H,6,9,14-16,27H2,(H2,28,29,30)/t18-/m0/s1. The first-order valence-electron chi connectivity index (χ1n) is 10.8. The number of rotatable bonds is 4. The molecule has 2 aromatic heterocycles. The molecule has 1 atom stereocenters. The molecule has 4 aromatic rings. The van der Waals surface area contributed by atoms with Crippen molar-refractivity contribution in [3.8, 4) is 34.5 Å². The summed E-state index contributed by atoms with van der Waals surface area (Å²) in [4.78, 5) is 8.88. The first kappa shape index (κ1) is 20.1. The molecule has 0 radical (unpaired) electrons. The Bertz CT molecular complexity index is 1300. The van der Waals surface area contributed by atoms with E-state index in [0.29, 0.717) is 18.3 Å². The van der Waals surface area contributed by atoms with Crippen LogP contribution in [0, 0.1) is 17.8 Å². The molecule has 0 saturated carbocycles. The molecule has 0 unspecified atom stereocenters. The molecule has 6 heteroatoms. The number of benzene rings is 2. The second-order valence-electron chi connectivity index (χ2n) is 8.00. The first-order chi connectivity index (χ1) is 15.7. The molecular formula is C26H25N5O. The molecule has 1 aliphatic rings. The van der Waals surface area contributed by atoms with Crippen LogP contribution < -0.4 is 16.2 Å². The maximum absolute atomic E-state index is 6.35. The molecule has 32 heavy (non-hydrogen) atoms. The summed E-state index contributed by atoms with van der Waals surface area (Å²) in [5.74, 6) is 8.77. The van der Waals surface area contributed by atoms with Crippen molar-refractivity contribution in [2.45, 2.75) is 25.8 Å². The smallest absolute Gasteiger partial charge is 0.146 e. The highest BCUT2D eigenvalue weighted by atomic mass is 16.5. The van der Waals surface area contributed by atoms with E-state index in [1.54, 1.807) is 6.33 Å². The molecule has 0 aliphatic carbocycles. The lowest BCUT2D eigenvalue weighted by Gasteiger charge is -2.24. The van der Waals surface area contributed by atoms with Crippen molar-refractivity contribution < 1.29 is 4.74 Å². The van der Waals surface area contributed by atoms with Gasteiger partial charge in [-0.3, -0.25) is 0 Å². The van der Waals surface area contributed by atoms with Gasteiger partial charge in [0.05, 0.1) is 11.9 Å². The summed E-state index contributed by atoms with van der Waals surface area (Å²) in [5, 5.41) is 0.924. The predicted octanol–water partition coefficient (Wildman–Crippen LogP) is 4.39. The zero-order chi connectivity index (χ0) is 21.9. The lowest BCUT2D eigenvalue weighted by Crippen LogP contribution is -2.20. The van der Waals surface area contributed by atoms with Gasteiger partial charge in [-0.15, -0.1) is 5.92 Å². The van der Waals surface area contributed by atoms with Crippen LogP contribution in [-0.2, 0) is 13.0 Å². The summed E-state index contributed by atoms with van der Waals surface area (Å²) in [6.45, 7) is 1.28. The van der Waals surface area contributed by atoms with Crippen molar-refractivity contribution in [2.24, 2.45) is 11.7 Å². The maximum Gasteiger partial charge on any atom is 0.146 e. The Kier molecular flexibility index (Phi) is 5.49. The van der Waals surface area contributed by atoms with E-state index >= 15 is 0 Å². The number of nitrogens with two attached hydrogens (primary N) is 2. The van der Waals surface area contributed by atoms with Gasteiger partial charge in [0.2, 0.25) is 0 Å². The fourth-order valence-electron chi connectivity index (χ4n) is 4.47. The van der Waals surface area contributed by atoms with Gasteiger partial charge in [-0.1, -0.05) is 36.3 Å². The van der Waals surface area contributed by atoms with Gasteiger partial charge >= 0.3 is 0 Å². The molecule has 0 amide bonds. The summed E-state index contributed by atoms with van der Waals surface area (Å²) in [5.41, 5.74) is 16.2. The molecule has 0 bridgehead atoms. The summed E-state index contributed by atoms with van der Waals surface area (Å²) in [6, 6.07) is 17.9. The Morgan fingerprint density at radius 3 is 2.56 bits per heavy atom. The Morgan fingerprint density at radius 2 is 1.78 bits per heavy atom. The zero-order valence-corrected chi connectivity index (χ0v) is 17.8. The molecule has 3 heterocycles. The average molecular weight is 424 g/mol. The lowest BCUT2D eigenvalue weighted by atomic mass is 9.92. The summed E-state index contributed by atoms with van der Waals surface area (Å²) in [7, 11) is 0. The molecule has 1 aliphatic heterocycles. The van der Waals surface area contributed by atoms with Gasteiger partial charge in [0.1, 0.15) is 29.3 Å². The average Bonchev–Trinajstić information content (AvgIpc) is 3.16. The van der Waals surface area contributed by atoms with E-state index in [-0.39, 0.29) is 0 Å². The number of aromatic nitrogens is 3. The molecule has 2 aromatic carbocycles. The van der Waals surface area contributed by atoms with Gasteiger partial charge in [0, 0.05) is 24.2 Å². The molecule has 0 saturated heterocycles. The van der Waals surface area contributed by atoms with Crippen molar-refractivity contribution in [3.63, 3.8) is 0 Å². The van der Waals surface area contributed by atoms with Crippen LogP contribution in [0.2, 0.25) is 0 Å². The van der Waals surface area contributed by atoms with Gasteiger partial charge in [-0.05, 0) is 48.6 Å². The van der Waals surface area contributed by atoms with Gasteiger partial charge in [0.25, 0.3) is 0 Å². The fraction of sp³-hybridized carbons (Fsp3) is 0.231. The Hall–Kier alpha value is -3.82. The third-order valence-corrected chi connectivity index (χ3v) is 5.95. The van der Waals surface area contributed by atoms with Crippen molar-refractivity contribution in [1.29, 1.82) is 0 Å². The minimum atomic E-state index is 0.405. The van der Waals surface area contributed by atoms with Crippen LogP contribution in [-0.4, -0.2) is 21.1 Å². The van der Waals surface area contributed by atoms with E-state index < -0.39 is 0 Å². The van der Waals surface area contributed by atoms with Gasteiger partial charge < -0.3 is 20.8 Å². The number of fused-ring (bicyclic) bond motifs is 3. The summed E-state index contributed by atoms with van der Waals surface area (Å²) >= 11 is 0. The quantitative estimate of drug-likeness (QED) is 0.475. The molecule has 4 N–H and O–H groups in total. The van der Waals surface area contributed by atoms with Crippen LogP contribution in [0.4, 0.5) is 5.82 Å². The third-order valence-electron chi connectivity index (χ3n) is 5.95. The number of ether oxygens (including phenoxy) is 1. The molecule has 6 nitrogen and oxygen atoms in total. The highest BCUT2D eigenvalue weighted by molar-refractivity contribution is 6.02. The fourth-order valence-corrected chi connectivity index (χ4v) is 4.47. The molecule has 0 fully saturated rings. The number of hydrogen-bond acceptors (Lipinski definition) is 5. The Balaban J connectivity index is 1.52. The van der Waals surface area contributed by atoms with Crippen molar-refractivity contribution in [3.05, 3.63) is 66.6 Å². The number of nitrogens with zero attached hydrogens (tertiary/aromatic N) is 3. The van der Waals surface area contributed by atoms with E-state index in [9.17, 15) is 0 Å². The Labute approximate surface area is 187 Å². The first-order valence-corrected chi connectivity index (χ1v) is 10.8. The highest BCUT2D eigenvalue weighted by Gasteiger charge is 2.27. The molecule has 5 rings (SSSR count). The highest BCUT2D eigenvalue weighted by Crippen LogP contribution is 2.41. The number of anilines is 1. The largest absolute Gasteiger partial charge is 0.457 e. The summed E-state index contributed by atoms with van der Waals surface area (Å²) < 4.78 is 8.26. The zero-order valence-electron chi connectivity index (χ0n) is 17.8. The van der Waals surface area contributed by atoms with Gasteiger partial charge in [-0.25, -0.2) is 9.97 Å². The van der Waals surface area contributed by atoms with Crippen molar-refractivity contribution in [1.82, 2.24) is 14.5 Å². The molecule has 0 spiro atoms. The number of hydrogen-bond donors (Lipinski definition) is 2. The lowest BCUT2D eigenvalue weighted by molar-refractivity contribution is 0.383. The predicted molar refractivity (Wildman–Crippen MR) is 127 cm³/mol. The maximum atomic E-state index is 6.35. The van der Waals surface area contributed by atoms with E-state index in [0.717, 1.165) is 59.5 Å². The number of para-hydroxylation sites is 1. The SMILES string of the molecule is NCC#CC[C@H]1CCc2c(-c3ccc(Oc4ccccc4)cc3)c3c(N)ncnc3n2C1. The third kappa shape index (κ3) is 3.79. The molecule has 160 valence electrons. The minimum absolute atomic E-state index is 0.405. The topological polar surface area (TPSA) is 92.0 Å². The second kappa shape index (κ2) is 8.74. The van der Waals surface area contributed by atoms with Gasteiger partial charge in [0.15, 0.2) is 0 Å². The van der Waals surface area contributed by atoms with Crippen LogP contribution in [0.1, 0.15) is 18.5 Å². The van der Waals surface area contributed by atoms with Crippen LogP contribution in [0.25, 0.3) is 22.2 Å². The van der Waals surface area contributed by atoms with E-state index in [1.165, 1.54) is 5.69 Å². The van der Waals surface area contributed by atoms with Crippen LogP contribution in [0.3, 0.4) is 0 Å². The minimum Gasteiger partial charge on any atom is -0.457 e. The Morgan fingerprint density at radius 1 is 1.00 bits per heavy atom. The monoisotopic (exact) mass is 423 g/mol. The van der Waals surface area contributed by atoms with E-state index in [1.807, 2.05) is 42.5 Å². The normalized spacial score (nSPS) is 15.1.